The molecule has 0 saturated carbocycles. The maximum absolute atomic E-state index is 12.9. The van der Waals surface area contributed by atoms with Crippen LogP contribution in [-0.4, -0.2) is 27.0 Å². The standard InChI is InChI=1S/C17H13BrN2O4/c1-9-15(16(20-24-9)12-4-2-3-5-13(12)18)17(23)10-6-11(19-8-10)7-14(21)22/h2-6,8,19H,7H2,1H3,(H,21,22). The van der Waals surface area contributed by atoms with E-state index in [9.17, 15) is 9.59 Å². The topological polar surface area (TPSA) is 96.2 Å². The average molecular weight is 389 g/mol. The third-order valence-corrected chi connectivity index (χ3v) is 4.26. The molecule has 122 valence electrons. The van der Waals surface area contributed by atoms with Gasteiger partial charge in [-0.3, -0.25) is 9.59 Å². The van der Waals surface area contributed by atoms with Crippen LogP contribution in [0.2, 0.25) is 0 Å². The molecule has 0 saturated heterocycles. The van der Waals surface area contributed by atoms with E-state index in [0.29, 0.717) is 28.3 Å². The van der Waals surface area contributed by atoms with Crippen LogP contribution < -0.4 is 0 Å². The summed E-state index contributed by atoms with van der Waals surface area (Å²) in [4.78, 5) is 26.4. The van der Waals surface area contributed by atoms with Crippen LogP contribution in [0.3, 0.4) is 0 Å². The first-order chi connectivity index (χ1) is 11.5. The minimum atomic E-state index is -0.967. The zero-order valence-electron chi connectivity index (χ0n) is 12.7. The molecule has 7 heteroatoms. The van der Waals surface area contributed by atoms with Gasteiger partial charge in [-0.2, -0.15) is 0 Å². The summed E-state index contributed by atoms with van der Waals surface area (Å²) < 4.78 is 6.02. The predicted octanol–water partition coefficient (Wildman–Crippen LogP) is 3.60. The molecule has 0 amide bonds. The van der Waals surface area contributed by atoms with Crippen molar-refractivity contribution in [2.24, 2.45) is 0 Å². The van der Waals surface area contributed by atoms with E-state index in [0.717, 1.165) is 10.0 Å². The predicted molar refractivity (Wildman–Crippen MR) is 89.9 cm³/mol. The van der Waals surface area contributed by atoms with Gasteiger partial charge in [-0.25, -0.2) is 0 Å². The van der Waals surface area contributed by atoms with Crippen LogP contribution in [-0.2, 0) is 11.2 Å². The summed E-state index contributed by atoms with van der Waals surface area (Å²) in [6.45, 7) is 1.67. The number of benzene rings is 1. The summed E-state index contributed by atoms with van der Waals surface area (Å²) in [6.07, 6.45) is 1.32. The monoisotopic (exact) mass is 388 g/mol. The van der Waals surface area contributed by atoms with Crippen LogP contribution in [0, 0.1) is 6.92 Å². The number of aryl methyl sites for hydroxylation is 1. The minimum Gasteiger partial charge on any atom is -0.481 e. The third-order valence-electron chi connectivity index (χ3n) is 3.57. The number of nitrogens with one attached hydrogen (secondary N) is 1. The van der Waals surface area contributed by atoms with Gasteiger partial charge in [0.15, 0.2) is 5.78 Å². The molecule has 24 heavy (non-hydrogen) atoms. The molecule has 0 radical (unpaired) electrons. The van der Waals surface area contributed by atoms with Crippen LogP contribution in [0.1, 0.15) is 27.4 Å². The molecule has 6 nitrogen and oxygen atoms in total. The van der Waals surface area contributed by atoms with Crippen LogP contribution in [0.5, 0.6) is 0 Å². The fraction of sp³-hybridized carbons (Fsp3) is 0.118. The van der Waals surface area contributed by atoms with Crippen LogP contribution >= 0.6 is 15.9 Å². The Bertz CT molecular complexity index is 926. The van der Waals surface area contributed by atoms with Crippen LogP contribution in [0.15, 0.2) is 45.5 Å². The first kappa shape index (κ1) is 16.2. The van der Waals surface area contributed by atoms with E-state index in [2.05, 4.69) is 26.1 Å². The molecule has 2 heterocycles. The molecular formula is C17H13BrN2O4. The van der Waals surface area contributed by atoms with Crippen molar-refractivity contribution in [3.05, 3.63) is 63.6 Å². The van der Waals surface area contributed by atoms with E-state index in [1.165, 1.54) is 12.3 Å². The highest BCUT2D eigenvalue weighted by Crippen LogP contribution is 2.32. The molecule has 0 unspecified atom stereocenters. The van der Waals surface area contributed by atoms with Gasteiger partial charge in [0.2, 0.25) is 0 Å². The number of aliphatic carboxylic acids is 1. The van der Waals surface area contributed by atoms with Crippen molar-refractivity contribution < 1.29 is 19.2 Å². The molecule has 2 N–H and O–H groups in total. The number of carboxylic acids is 1. The van der Waals surface area contributed by atoms with E-state index < -0.39 is 5.97 Å². The van der Waals surface area contributed by atoms with E-state index in [-0.39, 0.29) is 12.2 Å². The number of ketones is 1. The first-order valence-corrected chi connectivity index (χ1v) is 7.91. The number of carbonyl (C=O) groups is 2. The van der Waals surface area contributed by atoms with Gasteiger partial charge < -0.3 is 14.6 Å². The Kier molecular flexibility index (Phi) is 4.35. The van der Waals surface area contributed by atoms with Gasteiger partial charge in [0, 0.05) is 27.5 Å². The Labute approximate surface area is 145 Å². The molecule has 0 bridgehead atoms. The number of rotatable bonds is 5. The Morgan fingerprint density at radius 2 is 2.08 bits per heavy atom. The van der Waals surface area contributed by atoms with Gasteiger partial charge in [-0.15, -0.1) is 0 Å². The SMILES string of the molecule is Cc1onc(-c2ccccc2Br)c1C(=O)c1c[nH]c(CC(=O)O)c1. The van der Waals surface area contributed by atoms with Crippen molar-refractivity contribution in [3.8, 4) is 11.3 Å². The number of H-pyrrole nitrogens is 1. The van der Waals surface area contributed by atoms with Crippen LogP contribution in [0.4, 0.5) is 0 Å². The molecule has 0 aliphatic heterocycles. The molecular weight excluding hydrogens is 376 g/mol. The van der Waals surface area contributed by atoms with E-state index in [1.54, 1.807) is 6.92 Å². The number of carbonyl (C=O) groups excluding carboxylic acids is 1. The maximum Gasteiger partial charge on any atom is 0.309 e. The number of hydrogen-bond donors (Lipinski definition) is 2. The summed E-state index contributed by atoms with van der Waals surface area (Å²) in [6, 6.07) is 8.94. The van der Waals surface area contributed by atoms with Crippen molar-refractivity contribution in [2.45, 2.75) is 13.3 Å². The Morgan fingerprint density at radius 3 is 2.79 bits per heavy atom. The number of nitrogens with zero attached hydrogens (tertiary/aromatic N) is 1. The van der Waals surface area contributed by atoms with Crippen molar-refractivity contribution in [2.75, 3.05) is 0 Å². The van der Waals surface area contributed by atoms with Gasteiger partial charge in [-0.05, 0) is 19.1 Å². The lowest BCUT2D eigenvalue weighted by Crippen LogP contribution is -2.03. The zero-order chi connectivity index (χ0) is 17.3. The summed E-state index contributed by atoms with van der Waals surface area (Å²) in [5.74, 6) is -0.829. The molecule has 2 aromatic heterocycles. The molecule has 3 aromatic rings. The summed E-state index contributed by atoms with van der Waals surface area (Å²) in [5.41, 5.74) is 2.39. The molecule has 0 aliphatic carbocycles. The van der Waals surface area contributed by atoms with E-state index >= 15 is 0 Å². The highest BCUT2D eigenvalue weighted by molar-refractivity contribution is 9.10. The molecule has 0 spiro atoms. The van der Waals surface area contributed by atoms with Crippen LogP contribution in [0.25, 0.3) is 11.3 Å². The second kappa shape index (κ2) is 6.45. The van der Waals surface area contributed by atoms with Gasteiger partial charge in [0.05, 0.1) is 12.0 Å². The van der Waals surface area contributed by atoms with Crippen molar-refractivity contribution >= 4 is 27.7 Å². The maximum atomic E-state index is 12.9. The summed E-state index contributed by atoms with van der Waals surface area (Å²) >= 11 is 3.45. The number of carboxylic acid groups (broad SMARTS) is 1. The Hall–Kier alpha value is -2.67. The average Bonchev–Trinajstić information content (AvgIpc) is 3.13. The van der Waals surface area contributed by atoms with Crippen molar-refractivity contribution in [1.29, 1.82) is 0 Å². The highest BCUT2D eigenvalue weighted by atomic mass is 79.9. The van der Waals surface area contributed by atoms with Gasteiger partial charge in [0.25, 0.3) is 0 Å². The van der Waals surface area contributed by atoms with Gasteiger partial charge >= 0.3 is 5.97 Å². The Morgan fingerprint density at radius 1 is 1.33 bits per heavy atom. The van der Waals surface area contributed by atoms with Crippen molar-refractivity contribution in [1.82, 2.24) is 10.1 Å². The fourth-order valence-electron chi connectivity index (χ4n) is 2.46. The van der Waals surface area contributed by atoms with Crippen molar-refractivity contribution in [3.63, 3.8) is 0 Å². The second-order valence-electron chi connectivity index (χ2n) is 5.26. The first-order valence-electron chi connectivity index (χ1n) is 7.12. The van der Waals surface area contributed by atoms with E-state index in [4.69, 9.17) is 9.63 Å². The minimum absolute atomic E-state index is 0.174. The van der Waals surface area contributed by atoms with E-state index in [1.807, 2.05) is 24.3 Å². The fourth-order valence-corrected chi connectivity index (χ4v) is 2.93. The molecule has 0 atom stereocenters. The lowest BCUT2D eigenvalue weighted by Gasteiger charge is -2.03. The summed E-state index contributed by atoms with van der Waals surface area (Å²) in [7, 11) is 0. The third kappa shape index (κ3) is 3.03. The highest BCUT2D eigenvalue weighted by Gasteiger charge is 2.24. The lowest BCUT2D eigenvalue weighted by molar-refractivity contribution is -0.136. The number of hydrogen-bond acceptors (Lipinski definition) is 4. The molecule has 0 aliphatic rings. The zero-order valence-corrected chi connectivity index (χ0v) is 14.3. The number of halogens is 1. The smallest absolute Gasteiger partial charge is 0.309 e. The molecule has 3 rings (SSSR count). The second-order valence-corrected chi connectivity index (χ2v) is 6.11. The number of aromatic nitrogens is 2. The summed E-state index contributed by atoms with van der Waals surface area (Å²) in [5, 5.41) is 12.8. The lowest BCUT2D eigenvalue weighted by atomic mass is 9.99. The molecule has 1 aromatic carbocycles. The normalized spacial score (nSPS) is 10.8. The quantitative estimate of drug-likeness (QED) is 0.650. The Balaban J connectivity index is 2.02. The largest absolute Gasteiger partial charge is 0.481 e. The van der Waals surface area contributed by atoms with Gasteiger partial charge in [-0.1, -0.05) is 39.3 Å². The molecule has 0 fully saturated rings. The number of aromatic amines is 1. The van der Waals surface area contributed by atoms with Gasteiger partial charge in [0.1, 0.15) is 11.5 Å².